The molecule has 1 aromatic heterocycles. The zero-order valence-corrected chi connectivity index (χ0v) is 18.3. The molecule has 0 bridgehead atoms. The fourth-order valence-electron chi connectivity index (χ4n) is 3.83. The van der Waals surface area contributed by atoms with Crippen molar-refractivity contribution in [1.29, 1.82) is 0 Å². The highest BCUT2D eigenvalue weighted by atomic mass is 35.5. The van der Waals surface area contributed by atoms with Gasteiger partial charge in [0, 0.05) is 28.7 Å². The summed E-state index contributed by atoms with van der Waals surface area (Å²) >= 11 is 6.20. The zero-order valence-electron chi connectivity index (χ0n) is 17.6. The standard InChI is InChI=1S/C25H21ClN2O4/c1-3-32-19-8-4-6-16(12-19)23(29)21-22(17-7-5-11-27-14-17)28(25(31)24(21)30)20-13-18(26)10-9-15(20)2/h4-14,22,29H,3H2,1-2H3/b23-21+. The van der Waals surface area contributed by atoms with Crippen LogP contribution >= 0.6 is 11.6 Å². The van der Waals surface area contributed by atoms with Crippen molar-refractivity contribution in [3.05, 3.63) is 94.3 Å². The number of ether oxygens (including phenoxy) is 1. The number of carbonyl (C=O) groups excluding carboxylic acids is 2. The van der Waals surface area contributed by atoms with E-state index in [2.05, 4.69) is 4.98 Å². The van der Waals surface area contributed by atoms with Crippen LogP contribution in [0.5, 0.6) is 5.75 Å². The van der Waals surface area contributed by atoms with Gasteiger partial charge in [0.05, 0.1) is 18.2 Å². The van der Waals surface area contributed by atoms with Crippen molar-refractivity contribution in [1.82, 2.24) is 4.98 Å². The molecule has 6 nitrogen and oxygen atoms in total. The van der Waals surface area contributed by atoms with E-state index in [1.54, 1.807) is 67.0 Å². The smallest absolute Gasteiger partial charge is 0.300 e. The molecule has 1 fully saturated rings. The lowest BCUT2D eigenvalue weighted by atomic mass is 9.96. The summed E-state index contributed by atoms with van der Waals surface area (Å²) in [6.45, 7) is 4.14. The lowest BCUT2D eigenvalue weighted by Gasteiger charge is -2.26. The van der Waals surface area contributed by atoms with E-state index in [4.69, 9.17) is 16.3 Å². The number of rotatable bonds is 5. The molecule has 2 aromatic carbocycles. The molecule has 3 aromatic rings. The Morgan fingerprint density at radius 2 is 1.97 bits per heavy atom. The predicted octanol–water partition coefficient (Wildman–Crippen LogP) is 5.07. The van der Waals surface area contributed by atoms with Gasteiger partial charge in [0.15, 0.2) is 0 Å². The van der Waals surface area contributed by atoms with Crippen LogP contribution in [0.2, 0.25) is 5.02 Å². The Hall–Kier alpha value is -3.64. The number of halogens is 1. The van der Waals surface area contributed by atoms with Gasteiger partial charge in [0.1, 0.15) is 11.5 Å². The fourth-order valence-corrected chi connectivity index (χ4v) is 4.00. The number of pyridine rings is 1. The number of aliphatic hydroxyl groups is 1. The molecule has 0 aliphatic carbocycles. The molecule has 1 aliphatic rings. The summed E-state index contributed by atoms with van der Waals surface area (Å²) < 4.78 is 5.52. The summed E-state index contributed by atoms with van der Waals surface area (Å²) in [7, 11) is 0. The number of nitrogens with zero attached hydrogens (tertiary/aromatic N) is 2. The highest BCUT2D eigenvalue weighted by Gasteiger charge is 2.47. The van der Waals surface area contributed by atoms with Crippen LogP contribution in [0.3, 0.4) is 0 Å². The number of benzene rings is 2. The number of ketones is 1. The maximum Gasteiger partial charge on any atom is 0.300 e. The fraction of sp³-hybridized carbons (Fsp3) is 0.160. The molecule has 0 saturated carbocycles. The first-order valence-corrected chi connectivity index (χ1v) is 10.5. The van der Waals surface area contributed by atoms with E-state index in [9.17, 15) is 14.7 Å². The maximum atomic E-state index is 13.2. The molecule has 4 rings (SSSR count). The number of aryl methyl sites for hydroxylation is 1. The number of hydrogen-bond donors (Lipinski definition) is 1. The molecule has 32 heavy (non-hydrogen) atoms. The van der Waals surface area contributed by atoms with Crippen molar-refractivity contribution in [3.63, 3.8) is 0 Å². The molecule has 1 unspecified atom stereocenters. The number of hydrogen-bond acceptors (Lipinski definition) is 5. The summed E-state index contributed by atoms with van der Waals surface area (Å²) in [5.74, 6) is -1.25. The molecule has 0 radical (unpaired) electrons. The summed E-state index contributed by atoms with van der Waals surface area (Å²) in [4.78, 5) is 31.9. The maximum absolute atomic E-state index is 13.2. The minimum atomic E-state index is -0.864. The molecule has 1 aliphatic heterocycles. The van der Waals surface area contributed by atoms with Gasteiger partial charge in [-0.05, 0) is 55.3 Å². The van der Waals surface area contributed by atoms with Gasteiger partial charge >= 0.3 is 0 Å². The second kappa shape index (κ2) is 8.85. The van der Waals surface area contributed by atoms with E-state index >= 15 is 0 Å². The number of Topliss-reactive ketones (excluding diaryl/α,β-unsaturated/α-hetero) is 1. The van der Waals surface area contributed by atoms with Crippen LogP contribution in [0.25, 0.3) is 5.76 Å². The van der Waals surface area contributed by atoms with Gasteiger partial charge in [-0.2, -0.15) is 0 Å². The van der Waals surface area contributed by atoms with E-state index in [0.29, 0.717) is 34.2 Å². The van der Waals surface area contributed by atoms with E-state index in [-0.39, 0.29) is 11.3 Å². The highest BCUT2D eigenvalue weighted by Crippen LogP contribution is 2.43. The Morgan fingerprint density at radius 3 is 2.69 bits per heavy atom. The topological polar surface area (TPSA) is 79.7 Å². The zero-order chi connectivity index (χ0) is 22.8. The summed E-state index contributed by atoms with van der Waals surface area (Å²) in [6.07, 6.45) is 3.18. The van der Waals surface area contributed by atoms with Crippen molar-refractivity contribution in [2.75, 3.05) is 11.5 Å². The summed E-state index contributed by atoms with van der Waals surface area (Å²) in [5, 5.41) is 11.6. The van der Waals surface area contributed by atoms with E-state index in [0.717, 1.165) is 5.56 Å². The van der Waals surface area contributed by atoms with Crippen molar-refractivity contribution in [2.45, 2.75) is 19.9 Å². The van der Waals surface area contributed by atoms with Crippen molar-refractivity contribution >= 4 is 34.7 Å². The SMILES string of the molecule is CCOc1cccc(/C(O)=C2\C(=O)C(=O)N(c3cc(Cl)ccc3C)C2c2cccnc2)c1. The third-order valence-electron chi connectivity index (χ3n) is 5.29. The number of anilines is 1. The lowest BCUT2D eigenvalue weighted by molar-refractivity contribution is -0.132. The van der Waals surface area contributed by atoms with Crippen LogP contribution in [0.1, 0.15) is 29.7 Å². The number of carbonyl (C=O) groups is 2. The first-order valence-electron chi connectivity index (χ1n) is 10.1. The quantitative estimate of drug-likeness (QED) is 0.335. The second-order valence-electron chi connectivity index (χ2n) is 7.35. The predicted molar refractivity (Wildman–Crippen MR) is 123 cm³/mol. The Kier molecular flexibility index (Phi) is 5.97. The van der Waals surface area contributed by atoms with Gasteiger partial charge < -0.3 is 9.84 Å². The molecule has 0 spiro atoms. The first kappa shape index (κ1) is 21.6. The van der Waals surface area contributed by atoms with Gasteiger partial charge in [-0.25, -0.2) is 0 Å². The molecule has 162 valence electrons. The summed E-state index contributed by atoms with van der Waals surface area (Å²) in [5.41, 5.74) is 2.22. The Balaban J connectivity index is 1.94. The van der Waals surface area contributed by atoms with Crippen molar-refractivity contribution in [2.24, 2.45) is 0 Å². The third-order valence-corrected chi connectivity index (χ3v) is 5.53. The van der Waals surface area contributed by atoms with Gasteiger partial charge in [-0.3, -0.25) is 19.5 Å². The van der Waals surface area contributed by atoms with Crippen LogP contribution < -0.4 is 9.64 Å². The molecule has 1 atom stereocenters. The van der Waals surface area contributed by atoms with Crippen LogP contribution in [-0.2, 0) is 9.59 Å². The largest absolute Gasteiger partial charge is 0.507 e. The van der Waals surface area contributed by atoms with E-state index in [1.165, 1.54) is 4.90 Å². The average molecular weight is 449 g/mol. The highest BCUT2D eigenvalue weighted by molar-refractivity contribution is 6.52. The second-order valence-corrected chi connectivity index (χ2v) is 7.78. The molecule has 2 heterocycles. The molecule has 1 saturated heterocycles. The monoisotopic (exact) mass is 448 g/mol. The Morgan fingerprint density at radius 1 is 1.16 bits per heavy atom. The van der Waals surface area contributed by atoms with Gasteiger partial charge in [-0.15, -0.1) is 0 Å². The van der Waals surface area contributed by atoms with Gasteiger partial charge in [0.2, 0.25) is 0 Å². The van der Waals surface area contributed by atoms with Crippen LogP contribution in [0.4, 0.5) is 5.69 Å². The normalized spacial score (nSPS) is 17.6. The lowest BCUT2D eigenvalue weighted by Crippen LogP contribution is -2.30. The van der Waals surface area contributed by atoms with Crippen LogP contribution in [-0.4, -0.2) is 28.4 Å². The number of aliphatic hydroxyl groups excluding tert-OH is 1. The minimum Gasteiger partial charge on any atom is -0.507 e. The average Bonchev–Trinajstić information content (AvgIpc) is 3.06. The van der Waals surface area contributed by atoms with E-state index < -0.39 is 17.7 Å². The molecule has 7 heteroatoms. The third kappa shape index (κ3) is 3.85. The molecular weight excluding hydrogens is 428 g/mol. The number of aromatic nitrogens is 1. The minimum absolute atomic E-state index is 0.0176. The molecule has 1 N–H and O–H groups in total. The Bertz CT molecular complexity index is 1220. The van der Waals surface area contributed by atoms with E-state index in [1.807, 2.05) is 13.8 Å². The molecular formula is C25H21ClN2O4. The Labute approximate surface area is 190 Å². The van der Waals surface area contributed by atoms with Crippen molar-refractivity contribution in [3.8, 4) is 5.75 Å². The van der Waals surface area contributed by atoms with Gasteiger partial charge in [0.25, 0.3) is 11.7 Å². The first-order chi connectivity index (χ1) is 15.4. The van der Waals surface area contributed by atoms with Gasteiger partial charge in [-0.1, -0.05) is 35.9 Å². The van der Waals surface area contributed by atoms with Crippen molar-refractivity contribution < 1.29 is 19.4 Å². The molecule has 1 amide bonds. The summed E-state index contributed by atoms with van der Waals surface area (Å²) in [6, 6.07) is 14.5. The van der Waals surface area contributed by atoms with Crippen LogP contribution in [0.15, 0.2) is 72.6 Å². The van der Waals surface area contributed by atoms with Crippen LogP contribution in [0, 0.1) is 6.92 Å². The number of amides is 1.